The molecule has 2 aromatic rings. The standard InChI is InChI=1S/C22H30N2O4S/c1-19-13-15-21(16-14-19)29(26,27)23-17-9-4-3-8-12-22(25)24(28-2)18-20-10-6-5-7-11-20/h5-7,10-11,13-16,23H,3-4,8-9,12,17-18H2,1-2H3. The first-order chi connectivity index (χ1) is 13.9. The summed E-state index contributed by atoms with van der Waals surface area (Å²) in [6.45, 7) is 2.74. The molecule has 7 heteroatoms. The van der Waals surface area contributed by atoms with Crippen molar-refractivity contribution in [2.45, 2.75) is 50.5 Å². The Morgan fingerprint density at radius 2 is 1.62 bits per heavy atom. The number of carbonyl (C=O) groups excluding carboxylic acids is 1. The van der Waals surface area contributed by atoms with Crippen LogP contribution in [0.25, 0.3) is 0 Å². The van der Waals surface area contributed by atoms with Crippen LogP contribution in [-0.4, -0.2) is 33.0 Å². The molecule has 0 aliphatic rings. The van der Waals surface area contributed by atoms with Crippen molar-refractivity contribution >= 4 is 15.9 Å². The van der Waals surface area contributed by atoms with Crippen molar-refractivity contribution in [2.75, 3.05) is 13.7 Å². The molecule has 0 heterocycles. The Hall–Kier alpha value is -2.22. The first-order valence-electron chi connectivity index (χ1n) is 9.87. The molecule has 0 aliphatic carbocycles. The van der Waals surface area contributed by atoms with Gasteiger partial charge < -0.3 is 0 Å². The Bertz CT molecular complexity index is 852. The molecule has 0 saturated heterocycles. The van der Waals surface area contributed by atoms with Crippen LogP contribution >= 0.6 is 0 Å². The first kappa shape index (κ1) is 23.1. The molecular weight excluding hydrogens is 388 g/mol. The Morgan fingerprint density at radius 3 is 2.28 bits per heavy atom. The van der Waals surface area contributed by atoms with Gasteiger partial charge in [-0.25, -0.2) is 18.2 Å². The van der Waals surface area contributed by atoms with Gasteiger partial charge in [0.05, 0.1) is 18.6 Å². The van der Waals surface area contributed by atoms with Crippen LogP contribution in [0.3, 0.4) is 0 Å². The SMILES string of the molecule is CON(Cc1ccccc1)C(=O)CCCCCCNS(=O)(=O)c1ccc(C)cc1. The lowest BCUT2D eigenvalue weighted by Crippen LogP contribution is -2.29. The molecule has 0 unspecified atom stereocenters. The average Bonchev–Trinajstić information content (AvgIpc) is 2.72. The highest BCUT2D eigenvalue weighted by Gasteiger charge is 2.14. The zero-order chi connectivity index (χ0) is 21.1. The Morgan fingerprint density at radius 1 is 0.966 bits per heavy atom. The third-order valence-electron chi connectivity index (χ3n) is 4.61. The fourth-order valence-electron chi connectivity index (χ4n) is 2.89. The topological polar surface area (TPSA) is 75.7 Å². The first-order valence-corrected chi connectivity index (χ1v) is 11.4. The predicted molar refractivity (Wildman–Crippen MR) is 113 cm³/mol. The minimum atomic E-state index is -3.45. The van der Waals surface area contributed by atoms with Gasteiger partial charge in [-0.1, -0.05) is 60.9 Å². The lowest BCUT2D eigenvalue weighted by molar-refractivity contribution is -0.179. The summed E-state index contributed by atoms with van der Waals surface area (Å²) < 4.78 is 27.0. The van der Waals surface area contributed by atoms with Crippen molar-refractivity contribution in [3.05, 3.63) is 65.7 Å². The fraction of sp³-hybridized carbons (Fsp3) is 0.409. The van der Waals surface area contributed by atoms with E-state index in [1.807, 2.05) is 37.3 Å². The van der Waals surface area contributed by atoms with Crippen LogP contribution in [0.1, 0.15) is 43.2 Å². The summed E-state index contributed by atoms with van der Waals surface area (Å²) in [5, 5.41) is 1.38. The van der Waals surface area contributed by atoms with Crippen molar-refractivity contribution in [1.29, 1.82) is 0 Å². The smallest absolute Gasteiger partial charge is 0.246 e. The molecule has 0 aromatic heterocycles. The number of amides is 1. The van der Waals surface area contributed by atoms with Gasteiger partial charge in [0.2, 0.25) is 15.9 Å². The number of nitrogens with zero attached hydrogens (tertiary/aromatic N) is 1. The van der Waals surface area contributed by atoms with Crippen LogP contribution in [0.5, 0.6) is 0 Å². The van der Waals surface area contributed by atoms with E-state index >= 15 is 0 Å². The third-order valence-corrected chi connectivity index (χ3v) is 6.09. The van der Waals surface area contributed by atoms with Gasteiger partial charge in [0.15, 0.2) is 0 Å². The molecule has 158 valence electrons. The maximum Gasteiger partial charge on any atom is 0.246 e. The molecule has 2 rings (SSSR count). The number of sulfonamides is 1. The zero-order valence-corrected chi connectivity index (χ0v) is 18.0. The molecule has 0 atom stereocenters. The average molecular weight is 419 g/mol. The molecule has 29 heavy (non-hydrogen) atoms. The van der Waals surface area contributed by atoms with Crippen LogP contribution in [-0.2, 0) is 26.2 Å². The normalized spacial score (nSPS) is 11.4. The number of nitrogens with one attached hydrogen (secondary N) is 1. The summed E-state index contributed by atoms with van der Waals surface area (Å²) in [4.78, 5) is 17.8. The molecule has 0 bridgehead atoms. The quantitative estimate of drug-likeness (QED) is 0.420. The Balaban J connectivity index is 1.62. The fourth-order valence-corrected chi connectivity index (χ4v) is 3.96. The molecule has 0 radical (unpaired) electrons. The van der Waals surface area contributed by atoms with Crippen molar-refractivity contribution < 1.29 is 18.0 Å². The van der Waals surface area contributed by atoms with Crippen LogP contribution in [0.2, 0.25) is 0 Å². The molecule has 2 aromatic carbocycles. The van der Waals surface area contributed by atoms with E-state index in [2.05, 4.69) is 4.72 Å². The van der Waals surface area contributed by atoms with Crippen LogP contribution in [0.15, 0.2) is 59.5 Å². The number of hydrogen-bond acceptors (Lipinski definition) is 4. The molecule has 0 spiro atoms. The van der Waals surface area contributed by atoms with E-state index in [4.69, 9.17) is 4.84 Å². The molecule has 0 fully saturated rings. The maximum atomic E-state index is 12.3. The van der Waals surface area contributed by atoms with E-state index < -0.39 is 10.0 Å². The zero-order valence-electron chi connectivity index (χ0n) is 17.1. The highest BCUT2D eigenvalue weighted by Crippen LogP contribution is 2.11. The Kier molecular flexibility index (Phi) is 9.31. The summed E-state index contributed by atoms with van der Waals surface area (Å²) in [7, 11) is -1.95. The second-order valence-corrected chi connectivity index (χ2v) is 8.74. The number of rotatable bonds is 12. The monoisotopic (exact) mass is 418 g/mol. The van der Waals surface area contributed by atoms with E-state index in [0.717, 1.165) is 36.8 Å². The van der Waals surface area contributed by atoms with Crippen LogP contribution < -0.4 is 4.72 Å². The molecule has 0 saturated carbocycles. The van der Waals surface area contributed by atoms with Gasteiger partial charge in [-0.3, -0.25) is 9.63 Å². The number of aryl methyl sites for hydroxylation is 1. The summed E-state index contributed by atoms with van der Waals surface area (Å²) in [5.41, 5.74) is 2.04. The third kappa shape index (κ3) is 7.97. The minimum absolute atomic E-state index is 0.0450. The van der Waals surface area contributed by atoms with Crippen molar-refractivity contribution in [3.8, 4) is 0 Å². The number of unbranched alkanes of at least 4 members (excludes halogenated alkanes) is 3. The number of benzene rings is 2. The summed E-state index contributed by atoms with van der Waals surface area (Å²) >= 11 is 0. The summed E-state index contributed by atoms with van der Waals surface area (Å²) in [5.74, 6) is -0.0450. The van der Waals surface area contributed by atoms with Gasteiger partial charge in [-0.05, 0) is 37.5 Å². The van der Waals surface area contributed by atoms with E-state index in [0.29, 0.717) is 19.5 Å². The lowest BCUT2D eigenvalue weighted by Gasteiger charge is -2.19. The van der Waals surface area contributed by atoms with Gasteiger partial charge in [-0.15, -0.1) is 0 Å². The molecule has 6 nitrogen and oxygen atoms in total. The highest BCUT2D eigenvalue weighted by atomic mass is 32.2. The largest absolute Gasteiger partial charge is 0.274 e. The van der Waals surface area contributed by atoms with E-state index in [9.17, 15) is 13.2 Å². The highest BCUT2D eigenvalue weighted by molar-refractivity contribution is 7.89. The van der Waals surface area contributed by atoms with Gasteiger partial charge in [-0.2, -0.15) is 0 Å². The maximum absolute atomic E-state index is 12.3. The second-order valence-electron chi connectivity index (χ2n) is 6.97. The van der Waals surface area contributed by atoms with Crippen molar-refractivity contribution in [1.82, 2.24) is 9.79 Å². The lowest BCUT2D eigenvalue weighted by atomic mass is 10.1. The van der Waals surface area contributed by atoms with Gasteiger partial charge >= 0.3 is 0 Å². The summed E-state index contributed by atoms with van der Waals surface area (Å²) in [6.07, 6.45) is 3.61. The molecule has 1 N–H and O–H groups in total. The van der Waals surface area contributed by atoms with Crippen LogP contribution in [0, 0.1) is 6.92 Å². The van der Waals surface area contributed by atoms with Gasteiger partial charge in [0.1, 0.15) is 0 Å². The van der Waals surface area contributed by atoms with E-state index in [-0.39, 0.29) is 10.8 Å². The van der Waals surface area contributed by atoms with Gasteiger partial charge in [0.25, 0.3) is 0 Å². The van der Waals surface area contributed by atoms with E-state index in [1.54, 1.807) is 24.3 Å². The molecule has 0 aliphatic heterocycles. The van der Waals surface area contributed by atoms with Crippen molar-refractivity contribution in [2.24, 2.45) is 0 Å². The number of hydrogen-bond donors (Lipinski definition) is 1. The van der Waals surface area contributed by atoms with E-state index in [1.165, 1.54) is 12.2 Å². The van der Waals surface area contributed by atoms with Crippen molar-refractivity contribution in [3.63, 3.8) is 0 Å². The second kappa shape index (κ2) is 11.7. The number of hydroxylamine groups is 2. The molecular formula is C22H30N2O4S. The number of carbonyl (C=O) groups is 1. The van der Waals surface area contributed by atoms with Gasteiger partial charge in [0, 0.05) is 13.0 Å². The van der Waals surface area contributed by atoms with Crippen LogP contribution in [0.4, 0.5) is 0 Å². The minimum Gasteiger partial charge on any atom is -0.274 e. The molecule has 1 amide bonds. The summed E-state index contributed by atoms with van der Waals surface area (Å²) in [6, 6.07) is 16.5. The predicted octanol–water partition coefficient (Wildman–Crippen LogP) is 3.81. The Labute approximate surface area is 173 Å².